The first-order valence-corrected chi connectivity index (χ1v) is 8.09. The molecule has 0 spiro atoms. The number of carbonyl (C=O) groups excluding carboxylic acids is 4. The molecular weight excluding hydrogens is 336 g/mol. The summed E-state index contributed by atoms with van der Waals surface area (Å²) in [5.74, 6) is -4.50. The van der Waals surface area contributed by atoms with Gasteiger partial charge in [0.1, 0.15) is 0 Å². The predicted molar refractivity (Wildman–Crippen MR) is 82.2 cm³/mol. The first-order chi connectivity index (χ1) is 11.9. The molecule has 1 heterocycles. The van der Waals surface area contributed by atoms with Crippen molar-refractivity contribution in [1.82, 2.24) is 0 Å². The van der Waals surface area contributed by atoms with E-state index in [1.165, 1.54) is 7.11 Å². The van der Waals surface area contributed by atoms with Crippen molar-refractivity contribution >= 4 is 23.9 Å². The van der Waals surface area contributed by atoms with Crippen LogP contribution in [0.25, 0.3) is 0 Å². The third-order valence-electron chi connectivity index (χ3n) is 3.89. The molecule has 0 radical (unpaired) electrons. The molecule has 1 saturated heterocycles. The minimum absolute atomic E-state index is 0.0273. The van der Waals surface area contributed by atoms with Gasteiger partial charge < -0.3 is 23.7 Å². The van der Waals surface area contributed by atoms with Crippen LogP contribution >= 0.6 is 0 Å². The number of esters is 4. The van der Waals surface area contributed by atoms with Crippen molar-refractivity contribution in [3.05, 3.63) is 0 Å². The molecule has 1 aliphatic heterocycles. The highest BCUT2D eigenvalue weighted by Gasteiger charge is 2.68. The van der Waals surface area contributed by atoms with Crippen molar-refractivity contribution in [3.63, 3.8) is 0 Å². The van der Waals surface area contributed by atoms with Gasteiger partial charge in [-0.05, 0) is 20.8 Å². The minimum atomic E-state index is -2.12. The Morgan fingerprint density at radius 3 is 1.92 bits per heavy atom. The molecule has 9 nitrogen and oxygen atoms in total. The fourth-order valence-corrected chi connectivity index (χ4v) is 2.80. The number of hydrogen-bond donors (Lipinski definition) is 0. The standard InChI is InChI=1S/C16H24O9/c1-5-22-13(18)12-16(14(19)23-6-2,15(20)24-7-3)10(9-25-12)8-11(17)21-4/h10,12H,5-9H2,1-4H3/t10-,12-/m0/s1. The van der Waals surface area contributed by atoms with Gasteiger partial charge in [0.05, 0.1) is 40.0 Å². The Morgan fingerprint density at radius 1 is 0.960 bits per heavy atom. The third kappa shape index (κ3) is 4.09. The topological polar surface area (TPSA) is 114 Å². The lowest BCUT2D eigenvalue weighted by Crippen LogP contribution is -2.55. The van der Waals surface area contributed by atoms with Crippen molar-refractivity contribution in [2.45, 2.75) is 33.3 Å². The van der Waals surface area contributed by atoms with Gasteiger partial charge in [-0.3, -0.25) is 14.4 Å². The van der Waals surface area contributed by atoms with Gasteiger partial charge in [-0.1, -0.05) is 0 Å². The van der Waals surface area contributed by atoms with E-state index in [1.807, 2.05) is 0 Å². The van der Waals surface area contributed by atoms with Crippen molar-refractivity contribution in [2.75, 3.05) is 33.5 Å². The van der Waals surface area contributed by atoms with Gasteiger partial charge in [-0.2, -0.15) is 0 Å². The number of rotatable bonds is 8. The SMILES string of the molecule is CCOC(=O)[C@@H]1OC[C@H](CC(=O)OC)C1(C(=O)OCC)C(=O)OCC. The maximum Gasteiger partial charge on any atom is 0.337 e. The lowest BCUT2D eigenvalue weighted by atomic mass is 9.71. The second-order valence-corrected chi connectivity index (χ2v) is 5.25. The van der Waals surface area contributed by atoms with Crippen molar-refractivity contribution in [2.24, 2.45) is 11.3 Å². The number of methoxy groups -OCH3 is 1. The lowest BCUT2D eigenvalue weighted by Gasteiger charge is -2.32. The van der Waals surface area contributed by atoms with E-state index in [4.69, 9.17) is 18.9 Å². The van der Waals surface area contributed by atoms with Crippen LogP contribution < -0.4 is 0 Å². The van der Waals surface area contributed by atoms with Crippen molar-refractivity contribution < 1.29 is 42.9 Å². The van der Waals surface area contributed by atoms with Crippen LogP contribution in [0.4, 0.5) is 0 Å². The van der Waals surface area contributed by atoms with Crippen LogP contribution in [0.1, 0.15) is 27.2 Å². The number of hydrogen-bond acceptors (Lipinski definition) is 9. The Bertz CT molecular complexity index is 496. The Morgan fingerprint density at radius 2 is 1.48 bits per heavy atom. The molecule has 0 saturated carbocycles. The highest BCUT2D eigenvalue weighted by atomic mass is 16.6. The zero-order valence-electron chi connectivity index (χ0n) is 14.9. The summed E-state index contributed by atoms with van der Waals surface area (Å²) in [4.78, 5) is 49.5. The van der Waals surface area contributed by atoms with Gasteiger partial charge in [-0.25, -0.2) is 4.79 Å². The second kappa shape index (κ2) is 9.36. The molecule has 1 fully saturated rings. The largest absolute Gasteiger partial charge is 0.469 e. The first-order valence-electron chi connectivity index (χ1n) is 8.09. The molecule has 0 aromatic rings. The molecule has 0 aliphatic carbocycles. The molecule has 0 N–H and O–H groups in total. The Hall–Kier alpha value is -2.16. The summed E-state index contributed by atoms with van der Waals surface area (Å²) in [6.07, 6.45) is -1.87. The van der Waals surface area contributed by atoms with E-state index in [1.54, 1.807) is 20.8 Å². The van der Waals surface area contributed by atoms with Crippen LogP contribution in [0.15, 0.2) is 0 Å². The summed E-state index contributed by atoms with van der Waals surface area (Å²) in [5, 5.41) is 0. The van der Waals surface area contributed by atoms with Gasteiger partial charge in [-0.15, -0.1) is 0 Å². The fourth-order valence-electron chi connectivity index (χ4n) is 2.80. The molecule has 0 aromatic heterocycles. The number of ether oxygens (including phenoxy) is 5. The fraction of sp³-hybridized carbons (Fsp3) is 0.750. The van der Waals surface area contributed by atoms with Crippen LogP contribution in [-0.4, -0.2) is 63.5 Å². The summed E-state index contributed by atoms with van der Waals surface area (Å²) >= 11 is 0. The molecule has 0 aromatic carbocycles. The van der Waals surface area contributed by atoms with E-state index in [9.17, 15) is 19.2 Å². The molecule has 0 unspecified atom stereocenters. The van der Waals surface area contributed by atoms with Gasteiger partial charge >= 0.3 is 23.9 Å². The maximum absolute atomic E-state index is 12.7. The lowest BCUT2D eigenvalue weighted by molar-refractivity contribution is -0.187. The van der Waals surface area contributed by atoms with Crippen LogP contribution in [0.3, 0.4) is 0 Å². The Balaban J connectivity index is 3.41. The van der Waals surface area contributed by atoms with Crippen molar-refractivity contribution in [1.29, 1.82) is 0 Å². The first kappa shape index (κ1) is 20.9. The average molecular weight is 360 g/mol. The summed E-state index contributed by atoms with van der Waals surface area (Å²) in [6.45, 7) is 4.47. The van der Waals surface area contributed by atoms with E-state index in [2.05, 4.69) is 4.74 Å². The summed E-state index contributed by atoms with van der Waals surface area (Å²) in [5.41, 5.74) is -2.12. The molecule has 25 heavy (non-hydrogen) atoms. The van der Waals surface area contributed by atoms with E-state index in [0.717, 1.165) is 0 Å². The summed E-state index contributed by atoms with van der Waals surface area (Å²) < 4.78 is 25.0. The highest BCUT2D eigenvalue weighted by Crippen LogP contribution is 2.45. The zero-order valence-corrected chi connectivity index (χ0v) is 14.9. The Labute approximate surface area is 145 Å². The van der Waals surface area contributed by atoms with Gasteiger partial charge in [0.2, 0.25) is 5.41 Å². The molecule has 2 atom stereocenters. The van der Waals surface area contributed by atoms with Crippen LogP contribution in [-0.2, 0) is 42.9 Å². The van der Waals surface area contributed by atoms with Crippen LogP contribution in [0, 0.1) is 11.3 Å². The van der Waals surface area contributed by atoms with Gasteiger partial charge in [0.25, 0.3) is 0 Å². The summed E-state index contributed by atoms with van der Waals surface area (Å²) in [7, 11) is 1.18. The quantitative estimate of drug-likeness (QED) is 0.341. The van der Waals surface area contributed by atoms with Crippen LogP contribution in [0.2, 0.25) is 0 Å². The molecular formula is C16H24O9. The zero-order chi connectivity index (χ0) is 19.0. The molecule has 0 bridgehead atoms. The molecule has 9 heteroatoms. The normalized spacial score (nSPS) is 21.3. The van der Waals surface area contributed by atoms with E-state index < -0.39 is 41.3 Å². The Kier molecular flexibility index (Phi) is 7.82. The third-order valence-corrected chi connectivity index (χ3v) is 3.89. The van der Waals surface area contributed by atoms with Crippen LogP contribution in [0.5, 0.6) is 0 Å². The van der Waals surface area contributed by atoms with Gasteiger partial charge in [0, 0.05) is 5.92 Å². The second-order valence-electron chi connectivity index (χ2n) is 5.25. The monoisotopic (exact) mass is 360 g/mol. The average Bonchev–Trinajstić information content (AvgIpc) is 2.95. The predicted octanol–water partition coefficient (Wildman–Crippen LogP) is 0.240. The van der Waals surface area contributed by atoms with E-state index in [-0.39, 0.29) is 32.8 Å². The van der Waals surface area contributed by atoms with Gasteiger partial charge in [0.15, 0.2) is 6.10 Å². The summed E-state index contributed by atoms with van der Waals surface area (Å²) in [6, 6.07) is 0. The smallest absolute Gasteiger partial charge is 0.337 e. The highest BCUT2D eigenvalue weighted by molar-refractivity contribution is 6.06. The number of carbonyl (C=O) groups is 4. The molecule has 0 amide bonds. The van der Waals surface area contributed by atoms with Crippen molar-refractivity contribution in [3.8, 4) is 0 Å². The maximum atomic E-state index is 12.7. The van der Waals surface area contributed by atoms with E-state index in [0.29, 0.717) is 0 Å². The molecule has 142 valence electrons. The van der Waals surface area contributed by atoms with E-state index >= 15 is 0 Å². The minimum Gasteiger partial charge on any atom is -0.469 e. The molecule has 1 aliphatic rings. The molecule has 1 rings (SSSR count).